The first-order valence-corrected chi connectivity index (χ1v) is 12.8. The molecule has 0 radical (unpaired) electrons. The topological polar surface area (TPSA) is 46.2 Å². The Balaban J connectivity index is 1.42. The molecular formula is C33H35N2O2+. The molecule has 4 nitrogen and oxygen atoms in total. The van der Waals surface area contributed by atoms with Crippen LogP contribution in [0.4, 0.5) is 0 Å². The molecule has 0 spiro atoms. The van der Waals surface area contributed by atoms with Gasteiger partial charge in [0.25, 0.3) is 0 Å². The van der Waals surface area contributed by atoms with E-state index in [1.54, 1.807) is 0 Å². The van der Waals surface area contributed by atoms with E-state index in [2.05, 4.69) is 26.3 Å². The molecule has 0 heterocycles. The minimum absolute atomic E-state index is 0.0248. The molecule has 4 aromatic rings. The highest BCUT2D eigenvalue weighted by Crippen LogP contribution is 2.31. The summed E-state index contributed by atoms with van der Waals surface area (Å²) in [5.41, 5.74) is 4.28. The van der Waals surface area contributed by atoms with E-state index in [9.17, 15) is 9.59 Å². The fourth-order valence-electron chi connectivity index (χ4n) is 4.70. The second kappa shape index (κ2) is 11.9. The first kappa shape index (κ1) is 26.2. The molecule has 0 fully saturated rings. The Morgan fingerprint density at radius 2 is 1.16 bits per heavy atom. The average Bonchev–Trinajstić information content (AvgIpc) is 2.94. The number of quaternary nitrogens is 1. The van der Waals surface area contributed by atoms with Crippen LogP contribution in [0.5, 0.6) is 0 Å². The van der Waals surface area contributed by atoms with Crippen molar-refractivity contribution in [2.45, 2.75) is 25.6 Å². The molecule has 0 aromatic heterocycles. The van der Waals surface area contributed by atoms with Gasteiger partial charge in [0.15, 0.2) is 11.8 Å². The van der Waals surface area contributed by atoms with E-state index in [1.807, 2.05) is 115 Å². The summed E-state index contributed by atoms with van der Waals surface area (Å²) in [6.45, 7) is 2.89. The predicted molar refractivity (Wildman–Crippen MR) is 150 cm³/mol. The maximum absolute atomic E-state index is 13.7. The van der Waals surface area contributed by atoms with Gasteiger partial charge >= 0.3 is 0 Å². The zero-order valence-corrected chi connectivity index (χ0v) is 21.8. The van der Waals surface area contributed by atoms with Crippen LogP contribution in [0.3, 0.4) is 0 Å². The van der Waals surface area contributed by atoms with Gasteiger partial charge in [-0.2, -0.15) is 0 Å². The van der Waals surface area contributed by atoms with E-state index in [-0.39, 0.29) is 23.8 Å². The first-order chi connectivity index (χ1) is 17.9. The normalized spacial score (nSPS) is 13.1. The van der Waals surface area contributed by atoms with Gasteiger partial charge in [0.1, 0.15) is 6.17 Å². The molecule has 1 N–H and O–H groups in total. The van der Waals surface area contributed by atoms with Crippen LogP contribution in [-0.4, -0.2) is 42.9 Å². The third-order valence-electron chi connectivity index (χ3n) is 7.19. The largest absolute Gasteiger partial charge is 0.301 e. The van der Waals surface area contributed by atoms with E-state index in [4.69, 9.17) is 0 Å². The average molecular weight is 492 g/mol. The van der Waals surface area contributed by atoms with Crippen molar-refractivity contribution in [1.82, 2.24) is 5.32 Å². The van der Waals surface area contributed by atoms with Crippen molar-refractivity contribution >= 4 is 11.6 Å². The summed E-state index contributed by atoms with van der Waals surface area (Å²) in [6.07, 6.45) is 0.851. The highest BCUT2D eigenvalue weighted by atomic mass is 16.1. The zero-order chi connectivity index (χ0) is 26.3. The third kappa shape index (κ3) is 6.29. The molecule has 0 aliphatic rings. The molecule has 2 atom stereocenters. The van der Waals surface area contributed by atoms with Crippen molar-refractivity contribution in [2.75, 3.05) is 20.6 Å². The second-order valence-corrected chi connectivity index (χ2v) is 9.94. The number of hydrogen-bond acceptors (Lipinski definition) is 3. The van der Waals surface area contributed by atoms with Gasteiger partial charge in [-0.1, -0.05) is 115 Å². The van der Waals surface area contributed by atoms with E-state index in [0.29, 0.717) is 15.6 Å². The highest BCUT2D eigenvalue weighted by Gasteiger charge is 2.40. The van der Waals surface area contributed by atoms with E-state index < -0.39 is 0 Å². The second-order valence-electron chi connectivity index (χ2n) is 9.94. The molecule has 2 unspecified atom stereocenters. The van der Waals surface area contributed by atoms with Crippen LogP contribution in [0.1, 0.15) is 50.4 Å². The molecule has 0 amide bonds. The number of Topliss-reactive ketones (excluding diaryl/α,β-unsaturated/α-hetero) is 1. The summed E-state index contributed by atoms with van der Waals surface area (Å²) in [4.78, 5) is 26.4. The van der Waals surface area contributed by atoms with Crippen LogP contribution in [-0.2, 0) is 6.42 Å². The lowest BCUT2D eigenvalue weighted by atomic mass is 9.94. The first-order valence-electron chi connectivity index (χ1n) is 12.8. The fourth-order valence-corrected chi connectivity index (χ4v) is 4.70. The molecule has 0 bridgehead atoms. The zero-order valence-electron chi connectivity index (χ0n) is 21.8. The summed E-state index contributed by atoms with van der Waals surface area (Å²) in [7, 11) is 4.22. The summed E-state index contributed by atoms with van der Waals surface area (Å²) < 4.78 is 0.474. The maximum atomic E-state index is 13.7. The lowest BCUT2D eigenvalue weighted by Crippen LogP contribution is -2.58. The number of nitrogens with one attached hydrogen (secondary N) is 1. The van der Waals surface area contributed by atoms with E-state index >= 15 is 0 Å². The molecule has 188 valence electrons. The maximum Gasteiger partial charge on any atom is 0.224 e. The van der Waals surface area contributed by atoms with Gasteiger partial charge in [0.05, 0.1) is 14.1 Å². The summed E-state index contributed by atoms with van der Waals surface area (Å²) in [6, 6.07) is 36.4. The summed E-state index contributed by atoms with van der Waals surface area (Å²) >= 11 is 0. The SMILES string of the molecule is CC(NCCc1ccc(C(=O)c2ccccc2)cc1)[N+](C)(C)C(C(=O)c1ccccc1)c1ccccc1. The number of likely N-dealkylation sites (N-methyl/N-ethyl adjacent to an activating group) is 1. The minimum atomic E-state index is -0.339. The lowest BCUT2D eigenvalue weighted by Gasteiger charge is -2.42. The number of carbonyl (C=O) groups excluding carboxylic acids is 2. The number of benzene rings is 4. The molecule has 0 aliphatic carbocycles. The highest BCUT2D eigenvalue weighted by molar-refractivity contribution is 6.08. The molecule has 0 saturated carbocycles. The molecule has 0 saturated heterocycles. The van der Waals surface area contributed by atoms with Crippen molar-refractivity contribution in [2.24, 2.45) is 0 Å². The van der Waals surface area contributed by atoms with E-state index in [1.165, 1.54) is 0 Å². The van der Waals surface area contributed by atoms with Crippen molar-refractivity contribution in [3.05, 3.63) is 143 Å². The van der Waals surface area contributed by atoms with Crippen molar-refractivity contribution < 1.29 is 14.1 Å². The van der Waals surface area contributed by atoms with Gasteiger partial charge < -0.3 is 4.48 Å². The predicted octanol–water partition coefficient (Wildman–Crippen LogP) is 6.10. The number of ketones is 2. The Morgan fingerprint density at radius 1 is 0.676 bits per heavy atom. The van der Waals surface area contributed by atoms with E-state index in [0.717, 1.165) is 29.7 Å². The van der Waals surface area contributed by atoms with Gasteiger partial charge in [-0.05, 0) is 12.0 Å². The number of nitrogens with zero attached hydrogens (tertiary/aromatic N) is 1. The number of rotatable bonds is 11. The Labute approximate surface area is 220 Å². The minimum Gasteiger partial charge on any atom is -0.301 e. The number of carbonyl (C=O) groups is 2. The summed E-state index contributed by atoms with van der Waals surface area (Å²) in [5.74, 6) is 0.150. The number of hydrogen-bond donors (Lipinski definition) is 1. The third-order valence-corrected chi connectivity index (χ3v) is 7.19. The fraction of sp³-hybridized carbons (Fsp3) is 0.212. The van der Waals surface area contributed by atoms with Gasteiger partial charge in [-0.15, -0.1) is 0 Å². The Hall–Kier alpha value is -3.86. The molecule has 4 heteroatoms. The standard InChI is InChI=1S/C33H35N2O2/c1-25(34-24-23-26-19-21-30(22-20-26)32(36)28-15-9-5-10-16-28)35(2,3)31(27-13-7-4-8-14-27)33(37)29-17-11-6-12-18-29/h4-22,25,31,34H,23-24H2,1-3H3/q+1. The quantitative estimate of drug-likeness (QED) is 0.157. The molecule has 37 heavy (non-hydrogen) atoms. The van der Waals surface area contributed by atoms with Crippen LogP contribution >= 0.6 is 0 Å². The molecule has 4 rings (SSSR count). The van der Waals surface area contributed by atoms with Gasteiger partial charge in [0.2, 0.25) is 5.78 Å². The van der Waals surface area contributed by atoms with Gasteiger partial charge in [-0.3, -0.25) is 14.9 Å². The monoisotopic (exact) mass is 491 g/mol. The van der Waals surface area contributed by atoms with Crippen molar-refractivity contribution in [3.63, 3.8) is 0 Å². The lowest BCUT2D eigenvalue weighted by molar-refractivity contribution is -0.936. The summed E-state index contributed by atoms with van der Waals surface area (Å²) in [5, 5.41) is 3.64. The van der Waals surface area contributed by atoms with Crippen LogP contribution in [0.2, 0.25) is 0 Å². The smallest absolute Gasteiger partial charge is 0.224 e. The van der Waals surface area contributed by atoms with Crippen LogP contribution in [0.25, 0.3) is 0 Å². The van der Waals surface area contributed by atoms with Crippen LogP contribution in [0.15, 0.2) is 115 Å². The van der Waals surface area contributed by atoms with Crippen molar-refractivity contribution in [3.8, 4) is 0 Å². The Bertz CT molecular complexity index is 1300. The molecule has 4 aromatic carbocycles. The molecular weight excluding hydrogens is 456 g/mol. The van der Waals surface area contributed by atoms with Crippen LogP contribution in [0, 0.1) is 0 Å². The van der Waals surface area contributed by atoms with Crippen molar-refractivity contribution in [1.29, 1.82) is 0 Å². The molecule has 0 aliphatic heterocycles. The Morgan fingerprint density at radius 3 is 1.73 bits per heavy atom. The Kier molecular flexibility index (Phi) is 8.44. The van der Waals surface area contributed by atoms with Gasteiger partial charge in [-0.25, -0.2) is 0 Å². The van der Waals surface area contributed by atoms with Crippen LogP contribution < -0.4 is 5.32 Å². The van der Waals surface area contributed by atoms with Gasteiger partial charge in [0, 0.05) is 35.7 Å².